The van der Waals surface area contributed by atoms with E-state index in [1.165, 1.54) is 0 Å². The van der Waals surface area contributed by atoms with Gasteiger partial charge in [0.15, 0.2) is 0 Å². The van der Waals surface area contributed by atoms with Crippen molar-refractivity contribution in [1.82, 2.24) is 9.80 Å². The number of hydrogen-bond donors (Lipinski definition) is 1. The van der Waals surface area contributed by atoms with Gasteiger partial charge in [0.2, 0.25) is 11.8 Å². The normalized spacial score (nSPS) is 10.8. The fourth-order valence-electron chi connectivity index (χ4n) is 2.59. The van der Waals surface area contributed by atoms with Gasteiger partial charge in [-0.3, -0.25) is 14.5 Å². The first-order valence-corrected chi connectivity index (χ1v) is 8.21. The van der Waals surface area contributed by atoms with Crippen LogP contribution >= 0.6 is 0 Å². The molecule has 0 atom stereocenters. The van der Waals surface area contributed by atoms with Gasteiger partial charge in [-0.1, -0.05) is 43.3 Å². The summed E-state index contributed by atoms with van der Waals surface area (Å²) in [6.07, 6.45) is 0.891. The maximum Gasteiger partial charge on any atom is 0.238 e. The lowest BCUT2D eigenvalue weighted by Gasteiger charge is -2.22. The van der Waals surface area contributed by atoms with Crippen LogP contribution in [0.1, 0.15) is 13.3 Å². The monoisotopic (exact) mass is 327 g/mol. The maximum atomic E-state index is 12.4. The van der Waals surface area contributed by atoms with E-state index in [1.807, 2.05) is 54.3 Å². The quantitative estimate of drug-likeness (QED) is 0.850. The van der Waals surface area contributed by atoms with E-state index in [9.17, 15) is 9.59 Å². The van der Waals surface area contributed by atoms with Crippen molar-refractivity contribution in [3.8, 4) is 0 Å². The summed E-state index contributed by atoms with van der Waals surface area (Å²) in [4.78, 5) is 27.7. The van der Waals surface area contributed by atoms with Crippen molar-refractivity contribution >= 4 is 28.3 Å². The summed E-state index contributed by atoms with van der Waals surface area (Å²) in [5.74, 6) is -0.104. The number of anilines is 1. The minimum Gasteiger partial charge on any atom is -0.348 e. The van der Waals surface area contributed by atoms with Crippen LogP contribution in [0.15, 0.2) is 42.5 Å². The van der Waals surface area contributed by atoms with E-state index in [2.05, 4.69) is 5.32 Å². The van der Waals surface area contributed by atoms with E-state index in [0.717, 1.165) is 22.9 Å². The molecular weight excluding hydrogens is 302 g/mol. The van der Waals surface area contributed by atoms with Crippen molar-refractivity contribution in [2.45, 2.75) is 13.3 Å². The molecule has 0 bridgehead atoms. The van der Waals surface area contributed by atoms with Gasteiger partial charge >= 0.3 is 0 Å². The summed E-state index contributed by atoms with van der Waals surface area (Å²) in [5, 5.41) is 5.07. The Morgan fingerprint density at radius 3 is 2.42 bits per heavy atom. The SMILES string of the molecule is CCCN(CC(=O)Nc1cccc2ccccc12)CC(=O)N(C)C. The van der Waals surface area contributed by atoms with E-state index >= 15 is 0 Å². The smallest absolute Gasteiger partial charge is 0.238 e. The molecule has 0 spiro atoms. The van der Waals surface area contributed by atoms with E-state index in [-0.39, 0.29) is 24.9 Å². The molecule has 0 unspecified atom stereocenters. The van der Waals surface area contributed by atoms with Gasteiger partial charge in [-0.25, -0.2) is 0 Å². The first-order valence-electron chi connectivity index (χ1n) is 8.21. The Hall–Kier alpha value is -2.40. The fraction of sp³-hybridized carbons (Fsp3) is 0.368. The van der Waals surface area contributed by atoms with Crippen molar-refractivity contribution in [2.75, 3.05) is 39.0 Å². The molecule has 2 aromatic rings. The van der Waals surface area contributed by atoms with Crippen LogP contribution in [0, 0.1) is 0 Å². The Morgan fingerprint density at radius 1 is 1.00 bits per heavy atom. The van der Waals surface area contributed by atoms with Crippen LogP contribution in [0.3, 0.4) is 0 Å². The second-order valence-electron chi connectivity index (χ2n) is 6.07. The number of carbonyl (C=O) groups excluding carboxylic acids is 2. The molecule has 24 heavy (non-hydrogen) atoms. The predicted molar refractivity (Wildman–Crippen MR) is 98.0 cm³/mol. The second kappa shape index (κ2) is 8.45. The molecule has 0 aromatic heterocycles. The second-order valence-corrected chi connectivity index (χ2v) is 6.07. The summed E-state index contributed by atoms with van der Waals surface area (Å²) >= 11 is 0. The van der Waals surface area contributed by atoms with Gasteiger partial charge in [-0.2, -0.15) is 0 Å². The van der Waals surface area contributed by atoms with Crippen molar-refractivity contribution in [2.24, 2.45) is 0 Å². The number of nitrogens with zero attached hydrogens (tertiary/aromatic N) is 2. The highest BCUT2D eigenvalue weighted by molar-refractivity contribution is 6.02. The predicted octanol–water partition coefficient (Wildman–Crippen LogP) is 2.58. The van der Waals surface area contributed by atoms with Gasteiger partial charge in [-0.15, -0.1) is 0 Å². The zero-order valence-corrected chi connectivity index (χ0v) is 14.6. The van der Waals surface area contributed by atoms with Crippen LogP contribution in [0.25, 0.3) is 10.8 Å². The molecule has 0 heterocycles. The summed E-state index contributed by atoms with van der Waals surface area (Å²) in [7, 11) is 3.45. The zero-order valence-electron chi connectivity index (χ0n) is 14.6. The van der Waals surface area contributed by atoms with E-state index in [4.69, 9.17) is 0 Å². The summed E-state index contributed by atoms with van der Waals surface area (Å²) in [6, 6.07) is 13.8. The first kappa shape index (κ1) is 17.9. The molecule has 0 aliphatic heterocycles. The van der Waals surface area contributed by atoms with Gasteiger partial charge in [-0.05, 0) is 24.4 Å². The molecule has 2 aromatic carbocycles. The average Bonchev–Trinajstić information content (AvgIpc) is 2.55. The lowest BCUT2D eigenvalue weighted by atomic mass is 10.1. The number of nitrogens with one attached hydrogen (secondary N) is 1. The number of benzene rings is 2. The summed E-state index contributed by atoms with van der Waals surface area (Å²) in [5.41, 5.74) is 0.800. The van der Waals surface area contributed by atoms with Crippen molar-refractivity contribution in [3.05, 3.63) is 42.5 Å². The Labute approximate surface area is 143 Å². The molecule has 0 aliphatic carbocycles. The molecule has 128 valence electrons. The van der Waals surface area contributed by atoms with Crippen molar-refractivity contribution in [1.29, 1.82) is 0 Å². The fourth-order valence-corrected chi connectivity index (χ4v) is 2.59. The molecule has 5 nitrogen and oxygen atoms in total. The molecule has 2 amide bonds. The van der Waals surface area contributed by atoms with Gasteiger partial charge < -0.3 is 10.2 Å². The van der Waals surface area contributed by atoms with E-state index < -0.39 is 0 Å². The Kier molecular flexibility index (Phi) is 6.32. The molecule has 1 N–H and O–H groups in total. The van der Waals surface area contributed by atoms with Crippen LogP contribution in [0.5, 0.6) is 0 Å². The first-order chi connectivity index (χ1) is 11.5. The third-order valence-electron chi connectivity index (χ3n) is 3.83. The lowest BCUT2D eigenvalue weighted by Crippen LogP contribution is -2.41. The Morgan fingerprint density at radius 2 is 1.71 bits per heavy atom. The van der Waals surface area contributed by atoms with Gasteiger partial charge in [0.25, 0.3) is 0 Å². The minimum atomic E-state index is -0.105. The number of carbonyl (C=O) groups is 2. The Balaban J connectivity index is 2.05. The Bertz CT molecular complexity index is 707. The third-order valence-corrected chi connectivity index (χ3v) is 3.83. The van der Waals surface area contributed by atoms with Crippen LogP contribution < -0.4 is 5.32 Å². The third kappa shape index (κ3) is 4.80. The maximum absolute atomic E-state index is 12.4. The molecule has 5 heteroatoms. The summed E-state index contributed by atoms with van der Waals surface area (Å²) < 4.78 is 0. The highest BCUT2D eigenvalue weighted by Gasteiger charge is 2.15. The molecule has 0 saturated heterocycles. The molecule has 0 fully saturated rings. The molecule has 0 radical (unpaired) electrons. The topological polar surface area (TPSA) is 52.7 Å². The van der Waals surface area contributed by atoms with Crippen LogP contribution in [-0.4, -0.2) is 55.3 Å². The number of fused-ring (bicyclic) bond motifs is 1. The van der Waals surface area contributed by atoms with Crippen LogP contribution in [0.2, 0.25) is 0 Å². The summed E-state index contributed by atoms with van der Waals surface area (Å²) in [6.45, 7) is 3.21. The van der Waals surface area contributed by atoms with Gasteiger partial charge in [0.05, 0.1) is 13.1 Å². The molecule has 2 rings (SSSR count). The van der Waals surface area contributed by atoms with Gasteiger partial charge in [0, 0.05) is 25.2 Å². The van der Waals surface area contributed by atoms with E-state index in [1.54, 1.807) is 19.0 Å². The average molecular weight is 327 g/mol. The van der Waals surface area contributed by atoms with E-state index in [0.29, 0.717) is 6.54 Å². The number of rotatable bonds is 7. The molecular formula is C19H25N3O2. The van der Waals surface area contributed by atoms with Crippen molar-refractivity contribution < 1.29 is 9.59 Å². The largest absolute Gasteiger partial charge is 0.348 e. The highest BCUT2D eigenvalue weighted by atomic mass is 16.2. The minimum absolute atomic E-state index is 0.00131. The molecule has 0 saturated carbocycles. The van der Waals surface area contributed by atoms with Crippen LogP contribution in [0.4, 0.5) is 5.69 Å². The molecule has 0 aliphatic rings. The number of likely N-dealkylation sites (N-methyl/N-ethyl adjacent to an activating group) is 1. The standard InChI is InChI=1S/C19H25N3O2/c1-4-12-22(14-19(24)21(2)3)13-18(23)20-17-11-7-9-15-8-5-6-10-16(15)17/h5-11H,4,12-14H2,1-3H3,(H,20,23). The number of amides is 2. The van der Waals surface area contributed by atoms with Crippen LogP contribution in [-0.2, 0) is 9.59 Å². The number of hydrogen-bond acceptors (Lipinski definition) is 3. The lowest BCUT2D eigenvalue weighted by molar-refractivity contribution is -0.130. The highest BCUT2D eigenvalue weighted by Crippen LogP contribution is 2.22. The van der Waals surface area contributed by atoms with Crippen molar-refractivity contribution in [3.63, 3.8) is 0 Å². The van der Waals surface area contributed by atoms with Gasteiger partial charge in [0.1, 0.15) is 0 Å². The zero-order chi connectivity index (χ0) is 17.5.